The van der Waals surface area contributed by atoms with Gasteiger partial charge in [-0.15, -0.1) is 0 Å². The molecule has 0 aromatic rings. The molecule has 1 atom stereocenters. The van der Waals surface area contributed by atoms with Crippen molar-refractivity contribution < 1.29 is 9.90 Å². The Morgan fingerprint density at radius 3 is 2.75 bits per heavy atom. The molecule has 1 N–H and O–H groups in total. The Hall–Kier alpha value is -1.41. The van der Waals surface area contributed by atoms with Gasteiger partial charge in [0, 0.05) is 6.42 Å². The Labute approximate surface area is 96.7 Å². The predicted octanol–water partition coefficient (Wildman–Crippen LogP) is 2.72. The van der Waals surface area contributed by atoms with E-state index in [1.54, 1.807) is 19.1 Å². The second-order valence-electron chi connectivity index (χ2n) is 4.04. The minimum Gasteiger partial charge on any atom is -0.388 e. The zero-order valence-electron chi connectivity index (χ0n) is 9.70. The van der Waals surface area contributed by atoms with Crippen molar-refractivity contribution in [3.63, 3.8) is 0 Å². The SMILES string of the molecule is C=CC1=C(/C=C(\C=C)CC(C)=O)C(O)CC1. The molecule has 2 nitrogen and oxygen atoms in total. The number of aliphatic hydroxyl groups is 1. The van der Waals surface area contributed by atoms with Gasteiger partial charge in [0.1, 0.15) is 5.78 Å². The average molecular weight is 218 g/mol. The van der Waals surface area contributed by atoms with Crippen molar-refractivity contribution in [3.8, 4) is 0 Å². The van der Waals surface area contributed by atoms with Crippen LogP contribution in [0.15, 0.2) is 48.1 Å². The summed E-state index contributed by atoms with van der Waals surface area (Å²) in [4.78, 5) is 11.0. The molecule has 0 spiro atoms. The molecule has 86 valence electrons. The molecule has 1 aliphatic carbocycles. The number of Topliss-reactive ketones (excluding diaryl/α,β-unsaturated/α-hetero) is 1. The van der Waals surface area contributed by atoms with E-state index in [0.29, 0.717) is 6.42 Å². The van der Waals surface area contributed by atoms with Gasteiger partial charge in [-0.2, -0.15) is 0 Å². The van der Waals surface area contributed by atoms with Crippen LogP contribution in [0.3, 0.4) is 0 Å². The summed E-state index contributed by atoms with van der Waals surface area (Å²) < 4.78 is 0. The van der Waals surface area contributed by atoms with E-state index in [1.807, 2.05) is 6.08 Å². The monoisotopic (exact) mass is 218 g/mol. The van der Waals surface area contributed by atoms with Crippen molar-refractivity contribution in [3.05, 3.63) is 48.1 Å². The molecule has 0 saturated carbocycles. The molecule has 0 fully saturated rings. The molecule has 1 aliphatic rings. The topological polar surface area (TPSA) is 37.3 Å². The molecule has 1 unspecified atom stereocenters. The largest absolute Gasteiger partial charge is 0.388 e. The zero-order valence-corrected chi connectivity index (χ0v) is 9.70. The highest BCUT2D eigenvalue weighted by Gasteiger charge is 2.20. The fourth-order valence-electron chi connectivity index (χ4n) is 1.88. The number of carbonyl (C=O) groups is 1. The maximum atomic E-state index is 11.0. The van der Waals surface area contributed by atoms with Gasteiger partial charge < -0.3 is 5.11 Å². The van der Waals surface area contributed by atoms with Crippen LogP contribution in [0.2, 0.25) is 0 Å². The molecule has 0 bridgehead atoms. The highest BCUT2D eigenvalue weighted by molar-refractivity contribution is 5.79. The lowest BCUT2D eigenvalue weighted by Gasteiger charge is -2.06. The first kappa shape index (κ1) is 12.7. The van der Waals surface area contributed by atoms with Gasteiger partial charge in [0.05, 0.1) is 6.10 Å². The van der Waals surface area contributed by atoms with E-state index in [4.69, 9.17) is 0 Å². The molecule has 2 heteroatoms. The van der Waals surface area contributed by atoms with E-state index in [2.05, 4.69) is 13.2 Å². The fourth-order valence-corrected chi connectivity index (χ4v) is 1.88. The van der Waals surface area contributed by atoms with Crippen LogP contribution < -0.4 is 0 Å². The molecule has 0 saturated heterocycles. The second-order valence-corrected chi connectivity index (χ2v) is 4.04. The summed E-state index contributed by atoms with van der Waals surface area (Å²) in [6.45, 7) is 8.96. The van der Waals surface area contributed by atoms with Crippen LogP contribution in [0.25, 0.3) is 0 Å². The molecule has 0 aliphatic heterocycles. The molecule has 0 aromatic carbocycles. The Bertz CT molecular complexity index is 372. The van der Waals surface area contributed by atoms with Gasteiger partial charge in [0.2, 0.25) is 0 Å². The van der Waals surface area contributed by atoms with Crippen LogP contribution in [0, 0.1) is 0 Å². The van der Waals surface area contributed by atoms with Crippen molar-refractivity contribution in [1.29, 1.82) is 0 Å². The summed E-state index contributed by atoms with van der Waals surface area (Å²) in [6, 6.07) is 0. The van der Waals surface area contributed by atoms with Crippen molar-refractivity contribution in [2.24, 2.45) is 0 Å². The van der Waals surface area contributed by atoms with E-state index in [0.717, 1.165) is 29.6 Å². The minimum atomic E-state index is -0.435. The third kappa shape index (κ3) is 3.04. The molecular formula is C14H18O2. The number of hydrogen-bond donors (Lipinski definition) is 1. The Balaban J connectivity index is 2.98. The van der Waals surface area contributed by atoms with Gasteiger partial charge in [-0.25, -0.2) is 0 Å². The van der Waals surface area contributed by atoms with Crippen molar-refractivity contribution in [2.45, 2.75) is 32.3 Å². The lowest BCUT2D eigenvalue weighted by Crippen LogP contribution is -2.04. The number of allylic oxidation sites excluding steroid dienone is 4. The molecule has 16 heavy (non-hydrogen) atoms. The summed E-state index contributed by atoms with van der Waals surface area (Å²) in [5, 5.41) is 9.80. The lowest BCUT2D eigenvalue weighted by atomic mass is 10.0. The number of hydrogen-bond acceptors (Lipinski definition) is 2. The van der Waals surface area contributed by atoms with Gasteiger partial charge in [-0.1, -0.05) is 31.4 Å². The first-order valence-corrected chi connectivity index (χ1v) is 5.44. The quantitative estimate of drug-likeness (QED) is 0.720. The highest BCUT2D eigenvalue weighted by atomic mass is 16.3. The number of aliphatic hydroxyl groups excluding tert-OH is 1. The first-order chi connectivity index (χ1) is 7.58. The Kier molecular flexibility index (Phi) is 4.44. The number of ketones is 1. The van der Waals surface area contributed by atoms with E-state index in [1.165, 1.54) is 0 Å². The van der Waals surface area contributed by atoms with Crippen LogP contribution in [-0.4, -0.2) is 17.0 Å². The summed E-state index contributed by atoms with van der Waals surface area (Å²) in [5.74, 6) is 0.0967. The Morgan fingerprint density at radius 2 is 2.25 bits per heavy atom. The summed E-state index contributed by atoms with van der Waals surface area (Å²) in [7, 11) is 0. The van der Waals surface area contributed by atoms with Gasteiger partial charge in [-0.3, -0.25) is 4.79 Å². The smallest absolute Gasteiger partial charge is 0.134 e. The predicted molar refractivity (Wildman–Crippen MR) is 66.0 cm³/mol. The van der Waals surface area contributed by atoms with Crippen LogP contribution in [-0.2, 0) is 4.79 Å². The van der Waals surface area contributed by atoms with Crippen molar-refractivity contribution >= 4 is 5.78 Å². The summed E-state index contributed by atoms with van der Waals surface area (Å²) >= 11 is 0. The van der Waals surface area contributed by atoms with E-state index >= 15 is 0 Å². The maximum Gasteiger partial charge on any atom is 0.134 e. The van der Waals surface area contributed by atoms with Crippen LogP contribution in [0.5, 0.6) is 0 Å². The zero-order chi connectivity index (χ0) is 12.1. The average Bonchev–Trinajstić information content (AvgIpc) is 2.58. The van der Waals surface area contributed by atoms with E-state index in [9.17, 15) is 9.90 Å². The summed E-state index contributed by atoms with van der Waals surface area (Å²) in [6.07, 6.45) is 6.82. The van der Waals surface area contributed by atoms with Crippen molar-refractivity contribution in [2.75, 3.05) is 0 Å². The molecular weight excluding hydrogens is 200 g/mol. The molecule has 0 heterocycles. The van der Waals surface area contributed by atoms with Gasteiger partial charge >= 0.3 is 0 Å². The van der Waals surface area contributed by atoms with Crippen LogP contribution in [0.4, 0.5) is 0 Å². The number of carbonyl (C=O) groups excluding carboxylic acids is 1. The van der Waals surface area contributed by atoms with Crippen molar-refractivity contribution in [1.82, 2.24) is 0 Å². The normalized spacial score (nSPS) is 21.1. The summed E-state index contributed by atoms with van der Waals surface area (Å²) in [5.41, 5.74) is 2.80. The van der Waals surface area contributed by atoms with Gasteiger partial charge in [0.15, 0.2) is 0 Å². The second kappa shape index (κ2) is 5.61. The lowest BCUT2D eigenvalue weighted by molar-refractivity contribution is -0.116. The highest BCUT2D eigenvalue weighted by Crippen LogP contribution is 2.29. The standard InChI is InChI=1S/C14H18O2/c1-4-11(8-10(3)15)9-13-12(5-2)6-7-14(13)16/h4-5,9,14,16H,1-2,6-8H2,3H3/b11-9+. The van der Waals surface area contributed by atoms with Gasteiger partial charge in [0.25, 0.3) is 0 Å². The first-order valence-electron chi connectivity index (χ1n) is 5.44. The van der Waals surface area contributed by atoms with Gasteiger partial charge in [-0.05, 0) is 36.5 Å². The Morgan fingerprint density at radius 1 is 1.56 bits per heavy atom. The fraction of sp³-hybridized carbons (Fsp3) is 0.357. The van der Waals surface area contributed by atoms with Crippen LogP contribution in [0.1, 0.15) is 26.2 Å². The molecule has 0 amide bonds. The molecule has 0 radical (unpaired) electrons. The van der Waals surface area contributed by atoms with E-state index < -0.39 is 6.10 Å². The third-order valence-corrected chi connectivity index (χ3v) is 2.72. The molecule has 1 rings (SSSR count). The minimum absolute atomic E-state index is 0.0967. The number of rotatable bonds is 5. The maximum absolute atomic E-state index is 11.0. The molecule has 0 aromatic heterocycles. The van der Waals surface area contributed by atoms with Crippen LogP contribution >= 0.6 is 0 Å². The van der Waals surface area contributed by atoms with E-state index in [-0.39, 0.29) is 5.78 Å². The third-order valence-electron chi connectivity index (χ3n) is 2.72.